The Balaban J connectivity index is 3.30. The largest absolute Gasteiger partial charge is 0.450 e. The lowest BCUT2D eigenvalue weighted by atomic mass is 10.2. The summed E-state index contributed by atoms with van der Waals surface area (Å²) in [7, 11) is 0. The van der Waals surface area contributed by atoms with E-state index >= 15 is 0 Å². The van der Waals surface area contributed by atoms with Gasteiger partial charge in [0, 0.05) is 13.2 Å². The zero-order valence-electron chi connectivity index (χ0n) is 8.38. The highest BCUT2D eigenvalue weighted by atomic mass is 16.5. The molecule has 0 aliphatic heterocycles. The number of alkyl carbamates (subject to hydrolysis) is 1. The Morgan fingerprint density at radius 3 is 2.85 bits per heavy atom. The summed E-state index contributed by atoms with van der Waals surface area (Å²) in [6.45, 7) is 4.90. The van der Waals surface area contributed by atoms with E-state index in [9.17, 15) is 4.79 Å². The van der Waals surface area contributed by atoms with Crippen LogP contribution >= 0.6 is 0 Å². The van der Waals surface area contributed by atoms with E-state index in [0.29, 0.717) is 13.2 Å². The van der Waals surface area contributed by atoms with E-state index in [4.69, 9.17) is 9.84 Å². The molecule has 0 aliphatic rings. The molecule has 0 rings (SSSR count). The fourth-order valence-corrected chi connectivity index (χ4v) is 0.682. The van der Waals surface area contributed by atoms with Crippen LogP contribution in [-0.4, -0.2) is 31.0 Å². The second kappa shape index (κ2) is 7.86. The van der Waals surface area contributed by atoms with Gasteiger partial charge in [-0.05, 0) is 12.3 Å². The summed E-state index contributed by atoms with van der Waals surface area (Å²) >= 11 is 0. The first-order valence-electron chi connectivity index (χ1n) is 4.72. The molecule has 0 aliphatic carbocycles. The Hall–Kier alpha value is -0.770. The molecule has 78 valence electrons. The second-order valence-corrected chi connectivity index (χ2v) is 3.16. The third kappa shape index (κ3) is 7.59. The van der Waals surface area contributed by atoms with Crippen LogP contribution in [0.1, 0.15) is 26.7 Å². The van der Waals surface area contributed by atoms with Gasteiger partial charge in [0.25, 0.3) is 0 Å². The number of ether oxygens (including phenoxy) is 1. The van der Waals surface area contributed by atoms with Crippen LogP contribution in [-0.2, 0) is 4.74 Å². The van der Waals surface area contributed by atoms with Crippen LogP contribution in [0.4, 0.5) is 4.79 Å². The first-order valence-corrected chi connectivity index (χ1v) is 4.72. The van der Waals surface area contributed by atoms with Gasteiger partial charge in [0.2, 0.25) is 0 Å². The Morgan fingerprint density at radius 2 is 2.31 bits per heavy atom. The molecule has 4 nitrogen and oxygen atoms in total. The van der Waals surface area contributed by atoms with Gasteiger partial charge in [0.15, 0.2) is 0 Å². The third-order valence-electron chi connectivity index (χ3n) is 1.64. The number of carbonyl (C=O) groups excluding carboxylic acids is 1. The third-order valence-corrected chi connectivity index (χ3v) is 1.64. The summed E-state index contributed by atoms with van der Waals surface area (Å²) in [4.78, 5) is 10.9. The Bertz CT molecular complexity index is 139. The first-order chi connectivity index (χ1) is 6.20. The van der Waals surface area contributed by atoms with Crippen molar-refractivity contribution in [2.24, 2.45) is 5.92 Å². The zero-order chi connectivity index (χ0) is 10.1. The minimum atomic E-state index is -0.395. The lowest BCUT2D eigenvalue weighted by molar-refractivity contribution is 0.140. The molecule has 1 atom stereocenters. The van der Waals surface area contributed by atoms with Crippen LogP contribution < -0.4 is 5.32 Å². The van der Waals surface area contributed by atoms with Gasteiger partial charge in [-0.1, -0.05) is 20.3 Å². The van der Waals surface area contributed by atoms with E-state index in [1.165, 1.54) is 0 Å². The summed E-state index contributed by atoms with van der Waals surface area (Å²) in [6, 6.07) is 0. The van der Waals surface area contributed by atoms with Crippen LogP contribution in [0, 0.1) is 5.92 Å². The van der Waals surface area contributed by atoms with Crippen molar-refractivity contribution in [2.75, 3.05) is 19.8 Å². The molecular weight excluding hydrogens is 170 g/mol. The Kier molecular flexibility index (Phi) is 7.39. The summed E-state index contributed by atoms with van der Waals surface area (Å²) in [5.41, 5.74) is 0. The molecule has 0 radical (unpaired) electrons. The number of hydrogen-bond donors (Lipinski definition) is 2. The number of unbranched alkanes of at least 4 members (excludes halogenated alkanes) is 1. The minimum absolute atomic E-state index is 0.0786. The molecule has 0 aromatic carbocycles. The number of rotatable bonds is 6. The topological polar surface area (TPSA) is 58.6 Å². The van der Waals surface area contributed by atoms with Crippen LogP contribution in [0.3, 0.4) is 0 Å². The summed E-state index contributed by atoms with van der Waals surface area (Å²) in [5.74, 6) is 0.0822. The minimum Gasteiger partial charge on any atom is -0.450 e. The molecule has 0 aromatic heterocycles. The molecule has 1 amide bonds. The predicted octanol–water partition coefficient (Wildman–Crippen LogP) is 1.14. The molecular formula is C9H19NO3. The van der Waals surface area contributed by atoms with E-state index in [-0.39, 0.29) is 12.5 Å². The van der Waals surface area contributed by atoms with Crippen LogP contribution in [0.5, 0.6) is 0 Å². The number of nitrogens with one attached hydrogen (secondary N) is 1. The number of aliphatic hydroxyl groups is 1. The standard InChI is InChI=1S/C9H19NO3/c1-3-4-5-13-9(12)10-6-8(2)7-11/h8,11H,3-7H2,1-2H3,(H,10,12). The number of hydrogen-bond acceptors (Lipinski definition) is 3. The normalized spacial score (nSPS) is 12.2. The fraction of sp³-hybridized carbons (Fsp3) is 0.889. The van der Waals surface area contributed by atoms with Crippen molar-refractivity contribution < 1.29 is 14.6 Å². The van der Waals surface area contributed by atoms with Crippen molar-refractivity contribution in [1.82, 2.24) is 5.32 Å². The first kappa shape index (κ1) is 12.2. The Morgan fingerprint density at radius 1 is 1.62 bits per heavy atom. The van der Waals surface area contributed by atoms with Crippen LogP contribution in [0.15, 0.2) is 0 Å². The van der Waals surface area contributed by atoms with Crippen LogP contribution in [0.2, 0.25) is 0 Å². The van der Waals surface area contributed by atoms with Crippen molar-refractivity contribution >= 4 is 6.09 Å². The molecule has 0 saturated heterocycles. The van der Waals surface area contributed by atoms with Gasteiger partial charge in [0.05, 0.1) is 6.61 Å². The molecule has 4 heteroatoms. The van der Waals surface area contributed by atoms with Gasteiger partial charge in [-0.2, -0.15) is 0 Å². The molecule has 0 aromatic rings. The summed E-state index contributed by atoms with van der Waals surface area (Å²) in [5, 5.41) is 11.2. The number of amides is 1. The zero-order valence-corrected chi connectivity index (χ0v) is 8.38. The van der Waals surface area contributed by atoms with Gasteiger partial charge in [-0.3, -0.25) is 0 Å². The average Bonchev–Trinajstić information content (AvgIpc) is 2.14. The smallest absolute Gasteiger partial charge is 0.407 e. The lowest BCUT2D eigenvalue weighted by Gasteiger charge is -2.09. The summed E-state index contributed by atoms with van der Waals surface area (Å²) in [6.07, 6.45) is 1.51. The van der Waals surface area contributed by atoms with Crippen molar-refractivity contribution in [3.63, 3.8) is 0 Å². The molecule has 13 heavy (non-hydrogen) atoms. The van der Waals surface area contributed by atoms with E-state index in [2.05, 4.69) is 5.32 Å². The van der Waals surface area contributed by atoms with Gasteiger partial charge in [-0.15, -0.1) is 0 Å². The molecule has 0 saturated carbocycles. The number of aliphatic hydroxyl groups excluding tert-OH is 1. The van der Waals surface area contributed by atoms with Crippen molar-refractivity contribution in [3.05, 3.63) is 0 Å². The predicted molar refractivity (Wildman–Crippen MR) is 50.5 cm³/mol. The molecule has 0 heterocycles. The Labute approximate surface area is 79.3 Å². The van der Waals surface area contributed by atoms with E-state index in [1.54, 1.807) is 0 Å². The SMILES string of the molecule is CCCCOC(=O)NCC(C)CO. The van der Waals surface area contributed by atoms with Gasteiger partial charge >= 0.3 is 6.09 Å². The molecule has 0 spiro atoms. The highest BCUT2D eigenvalue weighted by Gasteiger charge is 2.04. The van der Waals surface area contributed by atoms with Crippen molar-refractivity contribution in [1.29, 1.82) is 0 Å². The fourth-order valence-electron chi connectivity index (χ4n) is 0.682. The number of carbonyl (C=O) groups is 1. The highest BCUT2D eigenvalue weighted by Crippen LogP contribution is 1.91. The molecule has 0 fully saturated rings. The maximum Gasteiger partial charge on any atom is 0.407 e. The van der Waals surface area contributed by atoms with Crippen LogP contribution in [0.25, 0.3) is 0 Å². The molecule has 1 unspecified atom stereocenters. The monoisotopic (exact) mass is 189 g/mol. The van der Waals surface area contributed by atoms with E-state index < -0.39 is 6.09 Å². The summed E-state index contributed by atoms with van der Waals surface area (Å²) < 4.78 is 4.85. The van der Waals surface area contributed by atoms with Crippen molar-refractivity contribution in [3.8, 4) is 0 Å². The second-order valence-electron chi connectivity index (χ2n) is 3.16. The van der Waals surface area contributed by atoms with E-state index in [1.807, 2.05) is 13.8 Å². The van der Waals surface area contributed by atoms with Gasteiger partial charge in [-0.25, -0.2) is 4.79 Å². The quantitative estimate of drug-likeness (QED) is 0.616. The lowest BCUT2D eigenvalue weighted by Crippen LogP contribution is -2.30. The van der Waals surface area contributed by atoms with Gasteiger partial charge < -0.3 is 15.2 Å². The molecule has 0 bridgehead atoms. The maximum atomic E-state index is 10.9. The highest BCUT2D eigenvalue weighted by molar-refractivity contribution is 5.67. The van der Waals surface area contributed by atoms with Gasteiger partial charge in [0.1, 0.15) is 0 Å². The van der Waals surface area contributed by atoms with E-state index in [0.717, 1.165) is 12.8 Å². The maximum absolute atomic E-state index is 10.9. The average molecular weight is 189 g/mol. The molecule has 2 N–H and O–H groups in total. The van der Waals surface area contributed by atoms with Crippen molar-refractivity contribution in [2.45, 2.75) is 26.7 Å².